The number of hydrogen-bond donors (Lipinski definition) is 1. The van der Waals surface area contributed by atoms with Crippen LogP contribution in [0.4, 0.5) is 10.2 Å². The van der Waals surface area contributed by atoms with Gasteiger partial charge in [-0.25, -0.2) is 9.37 Å². The molecule has 1 fully saturated rings. The first-order valence-corrected chi connectivity index (χ1v) is 12.8. The van der Waals surface area contributed by atoms with E-state index in [-0.39, 0.29) is 11.7 Å². The number of nitrogens with two attached hydrogens (primary N) is 1. The summed E-state index contributed by atoms with van der Waals surface area (Å²) in [5, 5.41) is 10.1. The molecule has 36 heavy (non-hydrogen) atoms. The Balaban J connectivity index is 1.57. The molecule has 0 saturated heterocycles. The number of fused-ring (bicyclic) bond motifs is 7. The third kappa shape index (κ3) is 3.13. The van der Waals surface area contributed by atoms with Crippen LogP contribution in [0.15, 0.2) is 36.7 Å². The lowest BCUT2D eigenvalue weighted by atomic mass is 9.87. The van der Waals surface area contributed by atoms with Gasteiger partial charge in [-0.15, -0.1) is 0 Å². The number of hydrogen-bond acceptors (Lipinski definition) is 5. The Morgan fingerprint density at radius 2 is 2.00 bits per heavy atom. The summed E-state index contributed by atoms with van der Waals surface area (Å²) in [5.41, 5.74) is 14.4. The molecule has 1 aromatic carbocycles. The highest BCUT2D eigenvalue weighted by Gasteiger charge is 2.46. The maximum absolute atomic E-state index is 14.5. The molecule has 4 aromatic rings. The number of pyridine rings is 1. The van der Waals surface area contributed by atoms with Gasteiger partial charge in [0.15, 0.2) is 11.6 Å². The van der Waals surface area contributed by atoms with E-state index in [1.165, 1.54) is 30.2 Å². The van der Waals surface area contributed by atoms with Crippen LogP contribution >= 0.6 is 0 Å². The van der Waals surface area contributed by atoms with E-state index in [1.807, 2.05) is 37.0 Å². The molecule has 3 aromatic heterocycles. The van der Waals surface area contributed by atoms with Crippen LogP contribution < -0.4 is 10.5 Å². The van der Waals surface area contributed by atoms with Crippen LogP contribution in [0.1, 0.15) is 73.4 Å². The molecule has 1 aliphatic heterocycles. The normalized spacial score (nSPS) is 22.2. The molecule has 0 amide bonds. The van der Waals surface area contributed by atoms with E-state index >= 15 is 0 Å². The van der Waals surface area contributed by atoms with Crippen molar-refractivity contribution >= 4 is 5.82 Å². The second-order valence-corrected chi connectivity index (χ2v) is 10.4. The van der Waals surface area contributed by atoms with Gasteiger partial charge in [0, 0.05) is 65.6 Å². The van der Waals surface area contributed by atoms with Crippen LogP contribution in [0, 0.1) is 11.7 Å². The Morgan fingerprint density at radius 1 is 1.17 bits per heavy atom. The number of anilines is 1. The van der Waals surface area contributed by atoms with E-state index < -0.39 is 6.10 Å². The summed E-state index contributed by atoms with van der Waals surface area (Å²) >= 11 is 0. The monoisotopic (exact) mass is 484 g/mol. The predicted octanol–water partition coefficient (Wildman–Crippen LogP) is 5.57. The van der Waals surface area contributed by atoms with Crippen LogP contribution in [0.3, 0.4) is 0 Å². The maximum atomic E-state index is 14.5. The largest absolute Gasteiger partial charge is 0.482 e. The molecule has 0 radical (unpaired) electrons. The molecule has 8 heteroatoms. The van der Waals surface area contributed by atoms with Gasteiger partial charge in [-0.2, -0.15) is 10.2 Å². The Hall–Kier alpha value is -3.68. The molecule has 3 atom stereocenters. The number of ether oxygens (including phenoxy) is 1. The molecule has 3 aliphatic rings. The first kappa shape index (κ1) is 21.6. The van der Waals surface area contributed by atoms with Crippen molar-refractivity contribution < 1.29 is 9.13 Å². The molecule has 1 unspecified atom stereocenters. The molecular weight excluding hydrogens is 455 g/mol. The van der Waals surface area contributed by atoms with Crippen molar-refractivity contribution in [3.8, 4) is 28.3 Å². The first-order valence-electron chi connectivity index (χ1n) is 12.8. The third-order valence-corrected chi connectivity index (χ3v) is 8.10. The minimum atomic E-state index is -0.460. The van der Waals surface area contributed by atoms with Crippen molar-refractivity contribution in [1.82, 2.24) is 24.5 Å². The van der Waals surface area contributed by atoms with E-state index in [1.54, 1.807) is 6.07 Å². The fourth-order valence-electron chi connectivity index (χ4n) is 6.31. The topological polar surface area (TPSA) is 83.8 Å². The Labute approximate surface area is 209 Å². The van der Waals surface area contributed by atoms with Crippen LogP contribution in [-0.2, 0) is 13.6 Å². The number of aryl methyl sites for hydroxylation is 2. The lowest BCUT2D eigenvalue weighted by Gasteiger charge is -2.22. The predicted molar refractivity (Wildman–Crippen MR) is 135 cm³/mol. The number of nitrogens with zero attached hydrogens (tertiary/aromatic N) is 5. The molecule has 2 N–H and O–H groups in total. The quantitative estimate of drug-likeness (QED) is 0.402. The minimum Gasteiger partial charge on any atom is -0.482 e. The molecule has 1 saturated carbocycles. The molecule has 2 bridgehead atoms. The molecule has 4 heterocycles. The van der Waals surface area contributed by atoms with E-state index in [2.05, 4.69) is 22.8 Å². The standard InChI is InChI=1S/C28H29FN6O/c1-4-35-27-16-9-23(28(30)31-12-16)36-14(2)19-10-17(29)7-8-18(19)25-22(13-34(3)32-25)21-11-20(15-5-6-15)26(33-35)24(21)27/h7-10,12-15,20-21H,4-6,11H2,1-3H3,(H2,30,31)/t14-,20?,21-/m1/s1. The highest BCUT2D eigenvalue weighted by Crippen LogP contribution is 2.58. The van der Waals surface area contributed by atoms with Gasteiger partial charge in [-0.05, 0) is 63.3 Å². The summed E-state index contributed by atoms with van der Waals surface area (Å²) in [7, 11) is 1.95. The molecule has 184 valence electrons. The Bertz CT molecular complexity index is 1520. The van der Waals surface area contributed by atoms with E-state index in [9.17, 15) is 4.39 Å². The summed E-state index contributed by atoms with van der Waals surface area (Å²) in [6.07, 6.45) is 7.01. The van der Waals surface area contributed by atoms with Gasteiger partial charge in [-0.3, -0.25) is 9.36 Å². The molecular formula is C28H29FN6O. The van der Waals surface area contributed by atoms with E-state index in [0.717, 1.165) is 46.6 Å². The second kappa shape index (κ2) is 7.66. The molecule has 0 spiro atoms. The van der Waals surface area contributed by atoms with Crippen LogP contribution in [-0.4, -0.2) is 24.5 Å². The lowest BCUT2D eigenvalue weighted by Crippen LogP contribution is -2.11. The number of nitrogen functional groups attached to an aromatic ring is 1. The fourth-order valence-corrected chi connectivity index (χ4v) is 6.31. The van der Waals surface area contributed by atoms with Crippen molar-refractivity contribution in [2.75, 3.05) is 5.73 Å². The van der Waals surface area contributed by atoms with Crippen LogP contribution in [0.5, 0.6) is 5.75 Å². The van der Waals surface area contributed by atoms with E-state index in [4.69, 9.17) is 20.7 Å². The highest BCUT2D eigenvalue weighted by atomic mass is 19.1. The smallest absolute Gasteiger partial charge is 0.166 e. The highest BCUT2D eigenvalue weighted by molar-refractivity contribution is 5.75. The van der Waals surface area contributed by atoms with Gasteiger partial charge >= 0.3 is 0 Å². The zero-order chi connectivity index (χ0) is 24.7. The van der Waals surface area contributed by atoms with Gasteiger partial charge in [0.05, 0.1) is 17.1 Å². The van der Waals surface area contributed by atoms with Gasteiger partial charge in [0.25, 0.3) is 0 Å². The van der Waals surface area contributed by atoms with Gasteiger partial charge in [-0.1, -0.05) is 0 Å². The van der Waals surface area contributed by atoms with Crippen molar-refractivity contribution in [3.63, 3.8) is 0 Å². The van der Waals surface area contributed by atoms with Crippen molar-refractivity contribution in [1.29, 1.82) is 0 Å². The molecule has 2 aliphatic carbocycles. The average molecular weight is 485 g/mol. The number of aromatic nitrogens is 5. The van der Waals surface area contributed by atoms with Crippen LogP contribution in [0.25, 0.3) is 22.5 Å². The SMILES string of the molecule is CCn1nc2c3c1-c1cnc(N)c(c1)O[C@H](C)c1cc(F)ccc1-c1nn(C)cc1[C@H]3CC2C1CC1. The summed E-state index contributed by atoms with van der Waals surface area (Å²) in [6, 6.07) is 6.84. The van der Waals surface area contributed by atoms with Gasteiger partial charge in [0.2, 0.25) is 0 Å². The maximum Gasteiger partial charge on any atom is 0.166 e. The summed E-state index contributed by atoms with van der Waals surface area (Å²) < 4.78 is 24.8. The number of halogens is 1. The minimum absolute atomic E-state index is 0.138. The van der Waals surface area contributed by atoms with E-state index in [0.29, 0.717) is 23.4 Å². The van der Waals surface area contributed by atoms with Crippen molar-refractivity contribution in [2.45, 2.75) is 57.6 Å². The number of benzene rings is 1. The van der Waals surface area contributed by atoms with Gasteiger partial charge < -0.3 is 10.5 Å². The summed E-state index contributed by atoms with van der Waals surface area (Å²) in [6.45, 7) is 4.79. The molecule has 7 nitrogen and oxygen atoms in total. The molecule has 7 rings (SSSR count). The zero-order valence-electron chi connectivity index (χ0n) is 20.7. The zero-order valence-corrected chi connectivity index (χ0v) is 20.7. The number of rotatable bonds is 2. The van der Waals surface area contributed by atoms with Crippen molar-refractivity contribution in [2.24, 2.45) is 13.0 Å². The second-order valence-electron chi connectivity index (χ2n) is 10.4. The van der Waals surface area contributed by atoms with Crippen molar-refractivity contribution in [3.05, 3.63) is 64.9 Å². The Morgan fingerprint density at radius 3 is 2.78 bits per heavy atom. The summed E-state index contributed by atoms with van der Waals surface area (Å²) in [4.78, 5) is 4.50. The van der Waals surface area contributed by atoms with Gasteiger partial charge in [0.1, 0.15) is 11.9 Å². The van der Waals surface area contributed by atoms with Crippen LogP contribution in [0.2, 0.25) is 0 Å². The fraction of sp³-hybridized carbons (Fsp3) is 0.393. The summed E-state index contributed by atoms with van der Waals surface area (Å²) in [5.74, 6) is 1.74. The average Bonchev–Trinajstić information content (AvgIpc) is 3.38. The lowest BCUT2D eigenvalue weighted by molar-refractivity contribution is 0.227. The third-order valence-electron chi connectivity index (χ3n) is 8.10. The Kier molecular flexibility index (Phi) is 4.59. The first-order chi connectivity index (χ1) is 17.4.